The lowest BCUT2D eigenvalue weighted by molar-refractivity contribution is -0.143. The van der Waals surface area contributed by atoms with Crippen molar-refractivity contribution >= 4 is 23.7 Å². The molecule has 0 aliphatic heterocycles. The van der Waals surface area contributed by atoms with Crippen LogP contribution in [-0.2, 0) is 20.9 Å². The number of amides is 2. The third-order valence-corrected chi connectivity index (χ3v) is 7.27. The van der Waals surface area contributed by atoms with Gasteiger partial charge in [0.05, 0.1) is 5.92 Å². The van der Waals surface area contributed by atoms with Crippen LogP contribution in [0.25, 0.3) is 11.1 Å². The molecule has 0 saturated heterocycles. The molecule has 9 nitrogen and oxygen atoms in total. The first kappa shape index (κ1) is 31.5. The average molecular weight is 592 g/mol. The molecule has 4 aromatic carbocycles. The van der Waals surface area contributed by atoms with Crippen LogP contribution in [-0.4, -0.2) is 52.9 Å². The Hall–Kier alpha value is -5.44. The zero-order valence-corrected chi connectivity index (χ0v) is 24.4. The second kappa shape index (κ2) is 15.7. The molecule has 0 radical (unpaired) electrons. The predicted molar refractivity (Wildman–Crippen MR) is 171 cm³/mol. The number of carbonyl (C=O) groups is 3. The predicted octanol–water partition coefficient (Wildman–Crippen LogP) is 4.35. The molecule has 226 valence electrons. The van der Waals surface area contributed by atoms with E-state index >= 15 is 0 Å². The summed E-state index contributed by atoms with van der Waals surface area (Å²) in [6.07, 6.45) is 0.624. The molecular formula is C35H37N5O4. The molecule has 0 aliphatic carbocycles. The topological polar surface area (TPSA) is 149 Å². The highest BCUT2D eigenvalue weighted by atomic mass is 16.4. The van der Waals surface area contributed by atoms with Gasteiger partial charge in [-0.15, -0.1) is 0 Å². The first-order valence-corrected chi connectivity index (χ1v) is 14.5. The zero-order chi connectivity index (χ0) is 31.3. The molecule has 4 aromatic rings. The quantitative estimate of drug-likeness (QED) is 0.0837. The van der Waals surface area contributed by atoms with Crippen LogP contribution >= 0.6 is 0 Å². The molecule has 1 atom stereocenters. The molecule has 9 heteroatoms. The molecule has 0 saturated carbocycles. The average Bonchev–Trinajstić information content (AvgIpc) is 3.04. The molecule has 44 heavy (non-hydrogen) atoms. The minimum absolute atomic E-state index is 0.120. The van der Waals surface area contributed by atoms with Crippen molar-refractivity contribution in [1.29, 1.82) is 5.41 Å². The first-order valence-electron chi connectivity index (χ1n) is 14.5. The molecule has 4 rings (SSSR count). The Balaban J connectivity index is 1.74. The van der Waals surface area contributed by atoms with Crippen molar-refractivity contribution in [2.24, 2.45) is 5.73 Å². The Labute approximate surface area is 257 Å². The van der Waals surface area contributed by atoms with Gasteiger partial charge in [0, 0.05) is 13.1 Å². The number of carboxylic acids is 1. The van der Waals surface area contributed by atoms with Gasteiger partial charge in [-0.2, -0.15) is 0 Å². The van der Waals surface area contributed by atoms with Gasteiger partial charge in [-0.25, -0.2) is 0 Å². The van der Waals surface area contributed by atoms with Crippen LogP contribution in [0.4, 0.5) is 0 Å². The molecule has 0 heterocycles. The summed E-state index contributed by atoms with van der Waals surface area (Å²) < 4.78 is 0. The van der Waals surface area contributed by atoms with E-state index in [2.05, 4.69) is 10.6 Å². The van der Waals surface area contributed by atoms with Crippen molar-refractivity contribution in [3.05, 3.63) is 132 Å². The molecular weight excluding hydrogens is 554 g/mol. The molecule has 0 fully saturated rings. The molecule has 0 aliphatic rings. The number of nitrogens with zero attached hydrogens (tertiary/aromatic N) is 1. The third-order valence-electron chi connectivity index (χ3n) is 7.27. The Morgan fingerprint density at radius 2 is 1.27 bits per heavy atom. The molecule has 0 bridgehead atoms. The van der Waals surface area contributed by atoms with Crippen molar-refractivity contribution in [3.8, 4) is 11.1 Å². The van der Waals surface area contributed by atoms with E-state index in [4.69, 9.17) is 11.1 Å². The number of hydrogen-bond acceptors (Lipinski definition) is 4. The fraction of sp³-hybridized carbons (Fsp3) is 0.200. The van der Waals surface area contributed by atoms with E-state index in [9.17, 15) is 19.5 Å². The summed E-state index contributed by atoms with van der Waals surface area (Å²) in [5, 5.41) is 21.9. The van der Waals surface area contributed by atoms with E-state index < -0.39 is 30.4 Å². The molecule has 2 amide bonds. The van der Waals surface area contributed by atoms with Crippen molar-refractivity contribution in [2.45, 2.75) is 31.3 Å². The molecule has 0 aromatic heterocycles. The van der Waals surface area contributed by atoms with Gasteiger partial charge in [-0.05, 0) is 40.7 Å². The van der Waals surface area contributed by atoms with Crippen LogP contribution < -0.4 is 16.4 Å². The lowest BCUT2D eigenvalue weighted by Gasteiger charge is -2.34. The van der Waals surface area contributed by atoms with Gasteiger partial charge < -0.3 is 26.4 Å². The van der Waals surface area contributed by atoms with Crippen LogP contribution in [0.1, 0.15) is 35.4 Å². The summed E-state index contributed by atoms with van der Waals surface area (Å²) in [5.74, 6) is -2.94. The number of benzene rings is 4. The number of carbonyl (C=O) groups excluding carboxylic acids is 2. The number of aliphatic carboxylic acids is 1. The van der Waals surface area contributed by atoms with Crippen molar-refractivity contribution in [2.75, 3.05) is 13.1 Å². The van der Waals surface area contributed by atoms with E-state index in [0.717, 1.165) is 27.8 Å². The van der Waals surface area contributed by atoms with E-state index in [1.165, 1.54) is 0 Å². The minimum Gasteiger partial charge on any atom is -0.480 e. The number of nitrogens with two attached hydrogens (primary N) is 1. The molecule has 0 unspecified atom stereocenters. The van der Waals surface area contributed by atoms with Crippen molar-refractivity contribution in [1.82, 2.24) is 15.5 Å². The number of carboxylic acid groups (broad SMARTS) is 1. The van der Waals surface area contributed by atoms with E-state index in [-0.39, 0.29) is 24.8 Å². The zero-order valence-electron chi connectivity index (χ0n) is 24.4. The van der Waals surface area contributed by atoms with Crippen LogP contribution in [0.15, 0.2) is 115 Å². The highest BCUT2D eigenvalue weighted by molar-refractivity contribution is 5.93. The number of rotatable bonds is 14. The number of hydrogen-bond donors (Lipinski definition) is 5. The summed E-state index contributed by atoms with van der Waals surface area (Å²) in [5.41, 5.74) is 9.89. The highest BCUT2D eigenvalue weighted by Crippen LogP contribution is 2.30. The smallest absolute Gasteiger partial charge is 0.322 e. The Morgan fingerprint density at radius 3 is 1.80 bits per heavy atom. The monoisotopic (exact) mass is 591 g/mol. The fourth-order valence-corrected chi connectivity index (χ4v) is 5.13. The second-order valence-corrected chi connectivity index (χ2v) is 10.4. The Morgan fingerprint density at radius 1 is 0.750 bits per heavy atom. The van der Waals surface area contributed by atoms with Gasteiger partial charge in [0.1, 0.15) is 12.6 Å². The third kappa shape index (κ3) is 8.78. The van der Waals surface area contributed by atoms with Crippen LogP contribution in [0.3, 0.4) is 0 Å². The van der Waals surface area contributed by atoms with Gasteiger partial charge in [-0.1, -0.05) is 115 Å². The first-order chi connectivity index (χ1) is 21.3. The standard InChI is InChI=1S/C35H37N5O4/c36-35(37)38-22-10-17-30(33(43)39-23-31(41)42)40(24-25-18-20-27(21-19-25)26-11-4-1-5-12-26)34(44)32(28-13-6-2-7-14-28)29-15-8-3-9-16-29/h1-9,11-16,18-21,30,32H,10,17,22-24H2,(H,39,43)(H,41,42)(H4,36,37,38)/t30-/m1/s1. The van der Waals surface area contributed by atoms with E-state index in [1.807, 2.05) is 115 Å². The van der Waals surface area contributed by atoms with Crippen LogP contribution in [0.2, 0.25) is 0 Å². The Kier molecular flexibility index (Phi) is 11.2. The van der Waals surface area contributed by atoms with Gasteiger partial charge in [0.25, 0.3) is 0 Å². The fourth-order valence-electron chi connectivity index (χ4n) is 5.13. The van der Waals surface area contributed by atoms with Crippen LogP contribution in [0, 0.1) is 5.41 Å². The summed E-state index contributed by atoms with van der Waals surface area (Å²) in [7, 11) is 0. The molecule has 6 N–H and O–H groups in total. The normalized spacial score (nSPS) is 11.4. The Bertz CT molecular complexity index is 1490. The van der Waals surface area contributed by atoms with Gasteiger partial charge >= 0.3 is 5.97 Å². The maximum atomic E-state index is 14.7. The largest absolute Gasteiger partial charge is 0.480 e. The summed E-state index contributed by atoms with van der Waals surface area (Å²) in [6, 6.07) is 35.6. The number of guanidine groups is 1. The maximum Gasteiger partial charge on any atom is 0.322 e. The lowest BCUT2D eigenvalue weighted by Crippen LogP contribution is -2.51. The van der Waals surface area contributed by atoms with Gasteiger partial charge in [-0.3, -0.25) is 19.8 Å². The number of nitrogens with one attached hydrogen (secondary N) is 3. The van der Waals surface area contributed by atoms with E-state index in [1.54, 1.807) is 4.90 Å². The summed E-state index contributed by atoms with van der Waals surface area (Å²) >= 11 is 0. The highest BCUT2D eigenvalue weighted by Gasteiger charge is 2.35. The van der Waals surface area contributed by atoms with Crippen molar-refractivity contribution in [3.63, 3.8) is 0 Å². The van der Waals surface area contributed by atoms with Crippen molar-refractivity contribution < 1.29 is 19.5 Å². The minimum atomic E-state index is -1.18. The summed E-state index contributed by atoms with van der Waals surface area (Å²) in [6.45, 7) is -0.141. The molecule has 0 spiro atoms. The van der Waals surface area contributed by atoms with Crippen LogP contribution in [0.5, 0.6) is 0 Å². The second-order valence-electron chi connectivity index (χ2n) is 10.4. The summed E-state index contributed by atoms with van der Waals surface area (Å²) in [4.78, 5) is 41.2. The maximum absolute atomic E-state index is 14.7. The van der Waals surface area contributed by atoms with E-state index in [0.29, 0.717) is 13.0 Å². The van der Waals surface area contributed by atoms with Gasteiger partial charge in [0.15, 0.2) is 5.96 Å². The SMILES string of the molecule is N=C(N)NCCC[C@H](C(=O)NCC(=O)O)N(Cc1ccc(-c2ccccc2)cc1)C(=O)C(c1ccccc1)c1ccccc1. The lowest BCUT2D eigenvalue weighted by atomic mass is 9.89. The van der Waals surface area contributed by atoms with Gasteiger partial charge in [0.2, 0.25) is 11.8 Å².